The second-order valence-corrected chi connectivity index (χ2v) is 6.19. The summed E-state index contributed by atoms with van der Waals surface area (Å²) in [5.41, 5.74) is 1.79. The molecule has 1 heterocycles. The van der Waals surface area contributed by atoms with Gasteiger partial charge in [0.15, 0.2) is 6.29 Å². The third kappa shape index (κ3) is 3.19. The monoisotopic (exact) mass is 277 g/mol. The maximum atomic E-state index is 11.1. The standard InChI is InChI=1S/C16H20ClNO/c1-11(2)6-12(3)8-18-9-13(10-19)15-5-4-14(17)7-16(15)18/h4-5,7,9-12H,6,8H2,1-3H3. The summed E-state index contributed by atoms with van der Waals surface area (Å²) in [7, 11) is 0. The van der Waals surface area contributed by atoms with Crippen molar-refractivity contribution in [3.63, 3.8) is 0 Å². The van der Waals surface area contributed by atoms with E-state index in [1.54, 1.807) is 0 Å². The molecule has 0 bridgehead atoms. The Hall–Kier alpha value is -1.28. The Balaban J connectivity index is 2.37. The maximum Gasteiger partial charge on any atom is 0.152 e. The van der Waals surface area contributed by atoms with Crippen LogP contribution in [0.15, 0.2) is 24.4 Å². The van der Waals surface area contributed by atoms with Crippen molar-refractivity contribution in [2.75, 3.05) is 0 Å². The fourth-order valence-electron chi connectivity index (χ4n) is 2.75. The molecule has 1 unspecified atom stereocenters. The zero-order valence-corrected chi connectivity index (χ0v) is 12.4. The maximum absolute atomic E-state index is 11.1. The molecule has 0 amide bonds. The summed E-state index contributed by atoms with van der Waals surface area (Å²) in [4.78, 5) is 11.1. The van der Waals surface area contributed by atoms with Gasteiger partial charge >= 0.3 is 0 Å². The highest BCUT2D eigenvalue weighted by Gasteiger charge is 2.12. The van der Waals surface area contributed by atoms with E-state index in [1.807, 2.05) is 24.4 Å². The first kappa shape index (κ1) is 14.1. The zero-order valence-electron chi connectivity index (χ0n) is 11.7. The third-order valence-electron chi connectivity index (χ3n) is 3.38. The molecule has 102 valence electrons. The first-order valence-electron chi connectivity index (χ1n) is 6.74. The molecule has 1 atom stereocenters. The van der Waals surface area contributed by atoms with E-state index in [2.05, 4.69) is 25.3 Å². The Labute approximate surface area is 119 Å². The minimum Gasteiger partial charge on any atom is -0.346 e. The number of aldehydes is 1. The number of aromatic nitrogens is 1. The summed E-state index contributed by atoms with van der Waals surface area (Å²) in [5.74, 6) is 1.26. The van der Waals surface area contributed by atoms with E-state index in [-0.39, 0.29) is 0 Å². The van der Waals surface area contributed by atoms with Gasteiger partial charge in [-0.3, -0.25) is 4.79 Å². The molecule has 0 aliphatic rings. The van der Waals surface area contributed by atoms with Gasteiger partial charge < -0.3 is 4.57 Å². The average molecular weight is 278 g/mol. The predicted molar refractivity (Wildman–Crippen MR) is 81.0 cm³/mol. The SMILES string of the molecule is CC(C)CC(C)Cn1cc(C=O)c2ccc(Cl)cc21. The van der Waals surface area contributed by atoms with Crippen molar-refractivity contribution < 1.29 is 4.79 Å². The minimum atomic E-state index is 0.578. The predicted octanol–water partition coefficient (Wildman–Crippen LogP) is 4.79. The van der Waals surface area contributed by atoms with Gasteiger partial charge in [0.2, 0.25) is 0 Å². The second-order valence-electron chi connectivity index (χ2n) is 5.75. The van der Waals surface area contributed by atoms with Gasteiger partial charge in [-0.05, 0) is 30.4 Å². The van der Waals surface area contributed by atoms with Crippen LogP contribution in [0.1, 0.15) is 37.6 Å². The van der Waals surface area contributed by atoms with Gasteiger partial charge in [-0.15, -0.1) is 0 Å². The van der Waals surface area contributed by atoms with Gasteiger partial charge in [-0.25, -0.2) is 0 Å². The van der Waals surface area contributed by atoms with Crippen LogP contribution in [0, 0.1) is 11.8 Å². The lowest BCUT2D eigenvalue weighted by atomic mass is 9.99. The number of nitrogens with zero attached hydrogens (tertiary/aromatic N) is 1. The number of hydrogen-bond acceptors (Lipinski definition) is 1. The minimum absolute atomic E-state index is 0.578. The Morgan fingerprint density at radius 1 is 1.32 bits per heavy atom. The van der Waals surface area contributed by atoms with E-state index in [9.17, 15) is 4.79 Å². The normalized spacial score (nSPS) is 13.1. The molecule has 0 spiro atoms. The summed E-state index contributed by atoms with van der Waals surface area (Å²) in [6, 6.07) is 5.69. The van der Waals surface area contributed by atoms with E-state index in [1.165, 1.54) is 6.42 Å². The number of carbonyl (C=O) groups excluding carboxylic acids is 1. The molecular weight excluding hydrogens is 258 g/mol. The average Bonchev–Trinajstić information content (AvgIpc) is 2.65. The van der Waals surface area contributed by atoms with Crippen molar-refractivity contribution in [2.45, 2.75) is 33.7 Å². The molecule has 0 aliphatic heterocycles. The number of fused-ring (bicyclic) bond motifs is 1. The van der Waals surface area contributed by atoms with E-state index in [4.69, 9.17) is 11.6 Å². The number of hydrogen-bond donors (Lipinski definition) is 0. The zero-order chi connectivity index (χ0) is 14.0. The number of carbonyl (C=O) groups is 1. The highest BCUT2D eigenvalue weighted by Crippen LogP contribution is 2.25. The molecule has 3 heteroatoms. The molecule has 2 nitrogen and oxygen atoms in total. The highest BCUT2D eigenvalue weighted by atomic mass is 35.5. The number of halogens is 1. The van der Waals surface area contributed by atoms with Crippen molar-refractivity contribution in [3.8, 4) is 0 Å². The van der Waals surface area contributed by atoms with Crippen LogP contribution in [0.3, 0.4) is 0 Å². The van der Waals surface area contributed by atoms with Gasteiger partial charge in [0.05, 0.1) is 5.52 Å². The van der Waals surface area contributed by atoms with Crippen LogP contribution in [0.25, 0.3) is 10.9 Å². The molecule has 0 saturated carbocycles. The van der Waals surface area contributed by atoms with Gasteiger partial charge in [0.25, 0.3) is 0 Å². The Kier molecular flexibility index (Phi) is 4.31. The topological polar surface area (TPSA) is 22.0 Å². The molecule has 0 fully saturated rings. The fraction of sp³-hybridized carbons (Fsp3) is 0.438. The van der Waals surface area contributed by atoms with E-state index < -0.39 is 0 Å². The first-order valence-corrected chi connectivity index (χ1v) is 7.12. The first-order chi connectivity index (χ1) is 9.01. The molecule has 2 aromatic rings. The van der Waals surface area contributed by atoms with Gasteiger partial charge in [-0.1, -0.05) is 38.4 Å². The van der Waals surface area contributed by atoms with Gasteiger partial charge in [0.1, 0.15) is 0 Å². The van der Waals surface area contributed by atoms with Crippen LogP contribution in [0.2, 0.25) is 5.02 Å². The van der Waals surface area contributed by atoms with E-state index >= 15 is 0 Å². The van der Waals surface area contributed by atoms with Crippen molar-refractivity contribution in [2.24, 2.45) is 11.8 Å². The Morgan fingerprint density at radius 2 is 2.05 bits per heavy atom. The summed E-state index contributed by atoms with van der Waals surface area (Å²) in [6.07, 6.45) is 4.03. The van der Waals surface area contributed by atoms with Crippen molar-refractivity contribution in [1.82, 2.24) is 4.57 Å². The van der Waals surface area contributed by atoms with Crippen LogP contribution in [0.4, 0.5) is 0 Å². The fourth-order valence-corrected chi connectivity index (χ4v) is 2.92. The van der Waals surface area contributed by atoms with Gasteiger partial charge in [0, 0.05) is 28.7 Å². The lowest BCUT2D eigenvalue weighted by Gasteiger charge is -2.15. The summed E-state index contributed by atoms with van der Waals surface area (Å²) >= 11 is 6.06. The Bertz CT molecular complexity index is 586. The van der Waals surface area contributed by atoms with Crippen LogP contribution in [-0.2, 0) is 6.54 Å². The Morgan fingerprint density at radius 3 is 2.68 bits per heavy atom. The quantitative estimate of drug-likeness (QED) is 0.720. The molecule has 0 saturated heterocycles. The van der Waals surface area contributed by atoms with Gasteiger partial charge in [-0.2, -0.15) is 0 Å². The summed E-state index contributed by atoms with van der Waals surface area (Å²) < 4.78 is 2.15. The number of benzene rings is 1. The van der Waals surface area contributed by atoms with Crippen LogP contribution < -0.4 is 0 Å². The summed E-state index contributed by atoms with van der Waals surface area (Å²) in [6.45, 7) is 7.63. The van der Waals surface area contributed by atoms with Crippen LogP contribution >= 0.6 is 11.6 Å². The highest BCUT2D eigenvalue weighted by molar-refractivity contribution is 6.31. The molecule has 1 aromatic heterocycles. The van der Waals surface area contributed by atoms with Crippen LogP contribution in [0.5, 0.6) is 0 Å². The molecule has 0 N–H and O–H groups in total. The molecule has 1 aromatic carbocycles. The van der Waals surface area contributed by atoms with Crippen LogP contribution in [-0.4, -0.2) is 10.9 Å². The molecule has 0 radical (unpaired) electrons. The molecule has 19 heavy (non-hydrogen) atoms. The lowest BCUT2D eigenvalue weighted by molar-refractivity contribution is 0.112. The van der Waals surface area contributed by atoms with E-state index in [0.717, 1.165) is 29.3 Å². The smallest absolute Gasteiger partial charge is 0.152 e. The lowest BCUT2D eigenvalue weighted by Crippen LogP contribution is -2.09. The third-order valence-corrected chi connectivity index (χ3v) is 3.62. The van der Waals surface area contributed by atoms with E-state index in [0.29, 0.717) is 16.9 Å². The van der Waals surface area contributed by atoms with Crippen molar-refractivity contribution in [1.29, 1.82) is 0 Å². The molecular formula is C16H20ClNO. The number of rotatable bonds is 5. The van der Waals surface area contributed by atoms with Crippen molar-refractivity contribution in [3.05, 3.63) is 35.0 Å². The second kappa shape index (κ2) is 5.79. The largest absolute Gasteiger partial charge is 0.346 e. The molecule has 0 aliphatic carbocycles. The van der Waals surface area contributed by atoms with Crippen molar-refractivity contribution >= 4 is 28.8 Å². The molecule has 2 rings (SSSR count). The summed E-state index contributed by atoms with van der Waals surface area (Å²) in [5, 5.41) is 1.69.